The quantitative estimate of drug-likeness (QED) is 0.848. The van der Waals surface area contributed by atoms with E-state index in [9.17, 15) is 4.79 Å². The summed E-state index contributed by atoms with van der Waals surface area (Å²) < 4.78 is 0. The maximum absolute atomic E-state index is 11.2. The molecule has 0 radical (unpaired) electrons. The van der Waals surface area contributed by atoms with E-state index in [0.29, 0.717) is 6.54 Å². The van der Waals surface area contributed by atoms with Crippen LogP contribution in [-0.2, 0) is 4.79 Å². The molecule has 0 aromatic heterocycles. The van der Waals surface area contributed by atoms with Gasteiger partial charge < -0.3 is 16.4 Å². The van der Waals surface area contributed by atoms with E-state index in [-0.39, 0.29) is 17.9 Å². The van der Waals surface area contributed by atoms with Crippen LogP contribution in [0, 0.1) is 5.92 Å². The summed E-state index contributed by atoms with van der Waals surface area (Å²) in [5, 5.41) is 0. The molecule has 2 rings (SSSR count). The van der Waals surface area contributed by atoms with E-state index in [2.05, 4.69) is 17.0 Å². The average Bonchev–Trinajstić information content (AvgIpc) is 2.51. The molecule has 0 bridgehead atoms. The molecule has 98 valence electrons. The van der Waals surface area contributed by atoms with Crippen molar-refractivity contribution >= 4 is 11.6 Å². The molecule has 0 saturated carbocycles. The molecule has 0 aliphatic carbocycles. The maximum atomic E-state index is 11.2. The van der Waals surface area contributed by atoms with E-state index in [1.54, 1.807) is 0 Å². The number of rotatable bonds is 3. The van der Waals surface area contributed by atoms with Crippen LogP contribution in [0.3, 0.4) is 0 Å². The minimum atomic E-state index is -0.249. The molecule has 1 aromatic carbocycles. The van der Waals surface area contributed by atoms with E-state index < -0.39 is 0 Å². The van der Waals surface area contributed by atoms with Gasteiger partial charge in [0.2, 0.25) is 5.91 Å². The Kier molecular flexibility index (Phi) is 3.87. The standard InChI is InChI=1S/C14H21N3O/c1-10(14(16)18)9-17-8-4-6-12(15)11-5-2-3-7-13(11)17/h2-3,5,7,10,12H,4,6,8-9,15H2,1H3,(H2,16,18). The third-order valence-corrected chi connectivity index (χ3v) is 3.60. The molecule has 4 N–H and O–H groups in total. The molecule has 1 heterocycles. The number of hydrogen-bond acceptors (Lipinski definition) is 3. The van der Waals surface area contributed by atoms with Gasteiger partial charge in [-0.2, -0.15) is 0 Å². The van der Waals surface area contributed by atoms with Crippen molar-refractivity contribution < 1.29 is 4.79 Å². The average molecular weight is 247 g/mol. The van der Waals surface area contributed by atoms with Crippen LogP contribution < -0.4 is 16.4 Å². The van der Waals surface area contributed by atoms with Gasteiger partial charge in [-0.15, -0.1) is 0 Å². The first-order valence-corrected chi connectivity index (χ1v) is 6.48. The highest BCUT2D eigenvalue weighted by Crippen LogP contribution is 2.31. The second kappa shape index (κ2) is 5.40. The molecule has 0 spiro atoms. The van der Waals surface area contributed by atoms with Gasteiger partial charge in [0.1, 0.15) is 0 Å². The van der Waals surface area contributed by atoms with Crippen LogP contribution in [0.15, 0.2) is 24.3 Å². The summed E-state index contributed by atoms with van der Waals surface area (Å²) in [5.41, 5.74) is 13.9. The highest BCUT2D eigenvalue weighted by atomic mass is 16.1. The Labute approximate surface area is 108 Å². The van der Waals surface area contributed by atoms with Crippen molar-refractivity contribution in [2.75, 3.05) is 18.0 Å². The molecular weight excluding hydrogens is 226 g/mol. The molecule has 2 atom stereocenters. The van der Waals surface area contributed by atoms with Gasteiger partial charge in [-0.25, -0.2) is 0 Å². The Bertz CT molecular complexity index is 433. The van der Waals surface area contributed by atoms with E-state index in [0.717, 1.165) is 25.1 Å². The Morgan fingerprint density at radius 2 is 2.22 bits per heavy atom. The predicted molar refractivity (Wildman–Crippen MR) is 73.2 cm³/mol. The smallest absolute Gasteiger partial charge is 0.222 e. The van der Waals surface area contributed by atoms with Gasteiger partial charge in [0.15, 0.2) is 0 Å². The molecular formula is C14H21N3O. The normalized spacial score (nSPS) is 21.0. The van der Waals surface area contributed by atoms with Gasteiger partial charge in [-0.3, -0.25) is 4.79 Å². The minimum Gasteiger partial charge on any atom is -0.370 e. The minimum absolute atomic E-state index is 0.0927. The summed E-state index contributed by atoms with van der Waals surface area (Å²) in [5.74, 6) is -0.395. The molecule has 1 aromatic rings. The zero-order valence-electron chi connectivity index (χ0n) is 10.8. The highest BCUT2D eigenvalue weighted by molar-refractivity contribution is 5.77. The van der Waals surface area contributed by atoms with Crippen molar-refractivity contribution in [3.8, 4) is 0 Å². The molecule has 0 saturated heterocycles. The number of para-hydroxylation sites is 1. The SMILES string of the molecule is CC(CN1CCCC(N)c2ccccc21)C(N)=O. The number of nitrogens with two attached hydrogens (primary N) is 2. The number of benzene rings is 1. The molecule has 1 aliphatic heterocycles. The number of nitrogens with zero attached hydrogens (tertiary/aromatic N) is 1. The number of carbonyl (C=O) groups excluding carboxylic acids is 1. The summed E-state index contributed by atoms with van der Waals surface area (Å²) in [6.45, 7) is 3.47. The molecule has 1 amide bonds. The van der Waals surface area contributed by atoms with Crippen LogP contribution in [0.2, 0.25) is 0 Å². The van der Waals surface area contributed by atoms with Crippen LogP contribution >= 0.6 is 0 Å². The van der Waals surface area contributed by atoms with Crippen LogP contribution in [0.5, 0.6) is 0 Å². The lowest BCUT2D eigenvalue weighted by atomic mass is 10.0. The van der Waals surface area contributed by atoms with Crippen LogP contribution in [0.25, 0.3) is 0 Å². The Morgan fingerprint density at radius 1 is 1.50 bits per heavy atom. The molecule has 4 nitrogen and oxygen atoms in total. The highest BCUT2D eigenvalue weighted by Gasteiger charge is 2.22. The van der Waals surface area contributed by atoms with Crippen LogP contribution in [0.1, 0.15) is 31.4 Å². The number of primary amides is 1. The fraction of sp³-hybridized carbons (Fsp3) is 0.500. The molecule has 18 heavy (non-hydrogen) atoms. The first kappa shape index (κ1) is 12.9. The number of amides is 1. The third kappa shape index (κ3) is 2.64. The second-order valence-electron chi connectivity index (χ2n) is 5.06. The van der Waals surface area contributed by atoms with Gasteiger partial charge in [-0.05, 0) is 24.5 Å². The zero-order chi connectivity index (χ0) is 13.1. The van der Waals surface area contributed by atoms with E-state index >= 15 is 0 Å². The Hall–Kier alpha value is -1.55. The summed E-state index contributed by atoms with van der Waals surface area (Å²) >= 11 is 0. The first-order valence-electron chi connectivity index (χ1n) is 6.48. The van der Waals surface area contributed by atoms with Gasteiger partial charge in [0, 0.05) is 24.8 Å². The van der Waals surface area contributed by atoms with Gasteiger partial charge >= 0.3 is 0 Å². The predicted octanol–water partition coefficient (Wildman–Crippen LogP) is 1.41. The number of hydrogen-bond donors (Lipinski definition) is 2. The fourth-order valence-corrected chi connectivity index (χ4v) is 2.48. The van der Waals surface area contributed by atoms with Gasteiger partial charge in [0.25, 0.3) is 0 Å². The second-order valence-corrected chi connectivity index (χ2v) is 5.06. The molecule has 4 heteroatoms. The lowest BCUT2D eigenvalue weighted by molar-refractivity contribution is -0.121. The molecule has 1 aliphatic rings. The first-order chi connectivity index (χ1) is 8.59. The summed E-state index contributed by atoms with van der Waals surface area (Å²) in [4.78, 5) is 13.4. The van der Waals surface area contributed by atoms with Crippen molar-refractivity contribution in [2.45, 2.75) is 25.8 Å². The largest absolute Gasteiger partial charge is 0.370 e. The van der Waals surface area contributed by atoms with Gasteiger partial charge in [0.05, 0.1) is 5.92 Å². The lowest BCUT2D eigenvalue weighted by Crippen LogP contribution is -2.35. The van der Waals surface area contributed by atoms with Crippen molar-refractivity contribution in [1.82, 2.24) is 0 Å². The maximum Gasteiger partial charge on any atom is 0.222 e. The van der Waals surface area contributed by atoms with Crippen LogP contribution in [-0.4, -0.2) is 19.0 Å². The van der Waals surface area contributed by atoms with Gasteiger partial charge in [-0.1, -0.05) is 25.1 Å². The Morgan fingerprint density at radius 3 is 2.94 bits per heavy atom. The van der Waals surface area contributed by atoms with Crippen molar-refractivity contribution in [1.29, 1.82) is 0 Å². The molecule has 2 unspecified atom stereocenters. The topological polar surface area (TPSA) is 72.3 Å². The fourth-order valence-electron chi connectivity index (χ4n) is 2.48. The van der Waals surface area contributed by atoms with Crippen molar-refractivity contribution in [2.24, 2.45) is 17.4 Å². The lowest BCUT2D eigenvalue weighted by Gasteiger charge is -2.27. The monoisotopic (exact) mass is 247 g/mol. The summed E-state index contributed by atoms with van der Waals surface area (Å²) in [7, 11) is 0. The molecule has 0 fully saturated rings. The zero-order valence-corrected chi connectivity index (χ0v) is 10.8. The number of fused-ring (bicyclic) bond motifs is 1. The Balaban J connectivity index is 2.26. The van der Waals surface area contributed by atoms with Crippen LogP contribution in [0.4, 0.5) is 5.69 Å². The number of anilines is 1. The van der Waals surface area contributed by atoms with Crippen molar-refractivity contribution in [3.63, 3.8) is 0 Å². The summed E-state index contributed by atoms with van der Waals surface area (Å²) in [6, 6.07) is 8.27. The summed E-state index contributed by atoms with van der Waals surface area (Å²) in [6.07, 6.45) is 2.03. The van der Waals surface area contributed by atoms with Crippen molar-refractivity contribution in [3.05, 3.63) is 29.8 Å². The van der Waals surface area contributed by atoms with E-state index in [1.807, 2.05) is 19.1 Å². The third-order valence-electron chi connectivity index (χ3n) is 3.60. The van der Waals surface area contributed by atoms with E-state index in [4.69, 9.17) is 11.5 Å². The van der Waals surface area contributed by atoms with E-state index in [1.165, 1.54) is 5.56 Å². The number of carbonyl (C=O) groups is 1.